The Morgan fingerprint density at radius 1 is 1.16 bits per heavy atom. The van der Waals surface area contributed by atoms with Gasteiger partial charge in [-0.25, -0.2) is 0 Å². The fraction of sp³-hybridized carbons (Fsp3) is 0.0667. The average molecular weight is 400 g/mol. The van der Waals surface area contributed by atoms with Crippen molar-refractivity contribution in [2.45, 2.75) is 6.04 Å². The average Bonchev–Trinajstić information content (AvgIpc) is 2.89. The fourth-order valence-electron chi connectivity index (χ4n) is 2.15. The highest BCUT2D eigenvalue weighted by Crippen LogP contribution is 2.32. The van der Waals surface area contributed by atoms with Gasteiger partial charge < -0.3 is 5.73 Å². The van der Waals surface area contributed by atoms with Gasteiger partial charge >= 0.3 is 0 Å². The van der Waals surface area contributed by atoms with Crippen LogP contribution in [0.15, 0.2) is 47.8 Å². The van der Waals surface area contributed by atoms with E-state index in [0.717, 1.165) is 19.7 Å². The smallest absolute Gasteiger partial charge is 0.0566 e. The molecule has 1 aromatic heterocycles. The van der Waals surface area contributed by atoms with Crippen LogP contribution in [0, 0.1) is 3.57 Å². The Hall–Kier alpha value is -0.620. The highest BCUT2D eigenvalue weighted by Gasteiger charge is 2.13. The third-order valence-corrected chi connectivity index (χ3v) is 5.70. The molecule has 0 aliphatic heterocycles. The van der Waals surface area contributed by atoms with Gasteiger partial charge in [0.25, 0.3) is 0 Å². The number of benzene rings is 2. The SMILES string of the molecule is NC(c1ccc(I)c(Cl)c1)c1cccc2ccsc12. The standard InChI is InChI=1S/C15H11ClINS/c16-12-8-10(4-5-13(12)17)14(18)11-3-1-2-9-6-7-19-15(9)11/h1-8,14H,18H2. The van der Waals surface area contributed by atoms with Crippen LogP contribution in [0.2, 0.25) is 5.02 Å². The van der Waals surface area contributed by atoms with E-state index >= 15 is 0 Å². The van der Waals surface area contributed by atoms with Crippen molar-refractivity contribution in [3.63, 3.8) is 0 Å². The van der Waals surface area contributed by atoms with Crippen LogP contribution in [-0.4, -0.2) is 0 Å². The number of fused-ring (bicyclic) bond motifs is 1. The molecule has 4 heteroatoms. The lowest BCUT2D eigenvalue weighted by molar-refractivity contribution is 0.882. The van der Waals surface area contributed by atoms with Gasteiger partial charge in [0, 0.05) is 8.27 Å². The van der Waals surface area contributed by atoms with Gasteiger partial charge in [0.2, 0.25) is 0 Å². The Morgan fingerprint density at radius 2 is 2.00 bits per heavy atom. The largest absolute Gasteiger partial charge is 0.320 e. The Bertz CT molecular complexity index is 738. The first-order valence-corrected chi connectivity index (χ1v) is 8.17. The third kappa shape index (κ3) is 2.52. The van der Waals surface area contributed by atoms with Gasteiger partial charge in [0.15, 0.2) is 0 Å². The molecule has 3 aromatic rings. The molecule has 0 radical (unpaired) electrons. The normalized spacial score (nSPS) is 12.8. The van der Waals surface area contributed by atoms with Crippen molar-refractivity contribution in [2.24, 2.45) is 5.73 Å². The van der Waals surface area contributed by atoms with Gasteiger partial charge in [-0.05, 0) is 62.7 Å². The summed E-state index contributed by atoms with van der Waals surface area (Å²) in [5.41, 5.74) is 8.61. The summed E-state index contributed by atoms with van der Waals surface area (Å²) < 4.78 is 2.30. The van der Waals surface area contributed by atoms with Gasteiger partial charge in [0.1, 0.15) is 0 Å². The molecule has 0 saturated carbocycles. The van der Waals surface area contributed by atoms with E-state index in [9.17, 15) is 0 Å². The van der Waals surface area contributed by atoms with E-state index in [0.29, 0.717) is 0 Å². The van der Waals surface area contributed by atoms with Crippen molar-refractivity contribution in [3.05, 3.63) is 67.6 Å². The van der Waals surface area contributed by atoms with Crippen LogP contribution in [0.4, 0.5) is 0 Å². The van der Waals surface area contributed by atoms with E-state index in [1.54, 1.807) is 11.3 Å². The van der Waals surface area contributed by atoms with Crippen molar-refractivity contribution in [2.75, 3.05) is 0 Å². The molecule has 0 aliphatic carbocycles. The molecule has 0 amide bonds. The zero-order chi connectivity index (χ0) is 13.4. The van der Waals surface area contributed by atoms with Gasteiger partial charge in [-0.3, -0.25) is 0 Å². The lowest BCUT2D eigenvalue weighted by Gasteiger charge is -2.14. The van der Waals surface area contributed by atoms with Crippen molar-refractivity contribution in [3.8, 4) is 0 Å². The zero-order valence-electron chi connectivity index (χ0n) is 9.94. The number of rotatable bonds is 2. The Balaban J connectivity index is 2.10. The Kier molecular flexibility index (Phi) is 3.80. The quantitative estimate of drug-likeness (QED) is 0.588. The molecule has 19 heavy (non-hydrogen) atoms. The number of nitrogens with two attached hydrogens (primary N) is 1. The highest BCUT2D eigenvalue weighted by atomic mass is 127. The summed E-state index contributed by atoms with van der Waals surface area (Å²) in [6, 6.07) is 14.3. The van der Waals surface area contributed by atoms with Gasteiger partial charge in [0.05, 0.1) is 11.1 Å². The first-order chi connectivity index (χ1) is 9.16. The van der Waals surface area contributed by atoms with E-state index in [1.165, 1.54) is 10.1 Å². The predicted octanol–water partition coefficient (Wildman–Crippen LogP) is 5.21. The molecule has 1 atom stereocenters. The Labute approximate surface area is 134 Å². The topological polar surface area (TPSA) is 26.0 Å². The monoisotopic (exact) mass is 399 g/mol. The molecule has 0 spiro atoms. The molecule has 0 fully saturated rings. The van der Waals surface area contributed by atoms with Crippen LogP contribution >= 0.6 is 45.5 Å². The van der Waals surface area contributed by atoms with E-state index in [4.69, 9.17) is 17.3 Å². The second kappa shape index (κ2) is 5.40. The van der Waals surface area contributed by atoms with Crippen LogP contribution in [0.25, 0.3) is 10.1 Å². The van der Waals surface area contributed by atoms with Crippen molar-refractivity contribution in [1.82, 2.24) is 0 Å². The maximum absolute atomic E-state index is 6.41. The second-order valence-corrected chi connectivity index (χ2v) is 6.82. The van der Waals surface area contributed by atoms with Crippen molar-refractivity contribution >= 4 is 55.6 Å². The second-order valence-electron chi connectivity index (χ2n) is 4.34. The number of hydrogen-bond donors (Lipinski definition) is 1. The number of hydrogen-bond acceptors (Lipinski definition) is 2. The molecule has 1 nitrogen and oxygen atoms in total. The molecule has 0 aliphatic rings. The van der Waals surface area contributed by atoms with Crippen molar-refractivity contribution in [1.29, 1.82) is 0 Å². The van der Waals surface area contributed by atoms with Crippen LogP contribution in [-0.2, 0) is 0 Å². The molecule has 1 unspecified atom stereocenters. The predicted molar refractivity (Wildman–Crippen MR) is 92.0 cm³/mol. The van der Waals surface area contributed by atoms with E-state index in [2.05, 4.69) is 52.2 Å². The Morgan fingerprint density at radius 3 is 2.79 bits per heavy atom. The molecule has 2 aromatic carbocycles. The first kappa shape index (κ1) is 13.4. The lowest BCUT2D eigenvalue weighted by atomic mass is 9.99. The van der Waals surface area contributed by atoms with Gasteiger partial charge in [-0.2, -0.15) is 0 Å². The molecule has 2 N–H and O–H groups in total. The zero-order valence-corrected chi connectivity index (χ0v) is 13.7. The number of halogens is 2. The first-order valence-electron chi connectivity index (χ1n) is 5.83. The van der Waals surface area contributed by atoms with Crippen LogP contribution in [0.1, 0.15) is 17.2 Å². The van der Waals surface area contributed by atoms with E-state index in [-0.39, 0.29) is 6.04 Å². The minimum atomic E-state index is -0.142. The highest BCUT2D eigenvalue weighted by molar-refractivity contribution is 14.1. The summed E-state index contributed by atoms with van der Waals surface area (Å²) >= 11 is 10.1. The molecule has 0 saturated heterocycles. The van der Waals surface area contributed by atoms with Crippen molar-refractivity contribution < 1.29 is 0 Å². The minimum Gasteiger partial charge on any atom is -0.320 e. The minimum absolute atomic E-state index is 0.142. The van der Waals surface area contributed by atoms with Crippen LogP contribution < -0.4 is 5.73 Å². The summed E-state index contributed by atoms with van der Waals surface area (Å²) in [4.78, 5) is 0. The number of thiophene rings is 1. The maximum Gasteiger partial charge on any atom is 0.0566 e. The molecule has 1 heterocycles. The molecule has 96 valence electrons. The summed E-state index contributed by atoms with van der Waals surface area (Å²) in [5.74, 6) is 0. The fourth-order valence-corrected chi connectivity index (χ4v) is 3.62. The van der Waals surface area contributed by atoms with Crippen LogP contribution in [0.3, 0.4) is 0 Å². The summed E-state index contributed by atoms with van der Waals surface area (Å²) in [5, 5.41) is 4.10. The summed E-state index contributed by atoms with van der Waals surface area (Å²) in [6.07, 6.45) is 0. The molecule has 0 bridgehead atoms. The molecular formula is C15H11ClINS. The van der Waals surface area contributed by atoms with Crippen LogP contribution in [0.5, 0.6) is 0 Å². The maximum atomic E-state index is 6.41. The van der Waals surface area contributed by atoms with Gasteiger partial charge in [-0.15, -0.1) is 11.3 Å². The van der Waals surface area contributed by atoms with E-state index in [1.807, 2.05) is 18.2 Å². The lowest BCUT2D eigenvalue weighted by Crippen LogP contribution is -2.12. The third-order valence-electron chi connectivity index (χ3n) is 3.15. The molecular weight excluding hydrogens is 389 g/mol. The van der Waals surface area contributed by atoms with E-state index < -0.39 is 0 Å². The summed E-state index contributed by atoms with van der Waals surface area (Å²) in [6.45, 7) is 0. The van der Waals surface area contributed by atoms with Gasteiger partial charge in [-0.1, -0.05) is 35.9 Å². The summed E-state index contributed by atoms with van der Waals surface area (Å²) in [7, 11) is 0. The molecule has 3 rings (SSSR count).